The lowest BCUT2D eigenvalue weighted by Gasteiger charge is -2.32. The third-order valence-corrected chi connectivity index (χ3v) is 3.74. The average molecular weight is 194 g/mol. The molecule has 0 radical (unpaired) electrons. The monoisotopic (exact) mass is 194 g/mol. The Kier molecular flexibility index (Phi) is 2.85. The van der Waals surface area contributed by atoms with Gasteiger partial charge in [0.15, 0.2) is 0 Å². The summed E-state index contributed by atoms with van der Waals surface area (Å²) in [6.07, 6.45) is 8.31. The van der Waals surface area contributed by atoms with E-state index < -0.39 is 0 Å². The number of allylic oxidation sites excluding steroid dienone is 1. The molecule has 80 valence electrons. The minimum absolute atomic E-state index is 0.520. The highest BCUT2D eigenvalue weighted by molar-refractivity contribution is 5.10. The van der Waals surface area contributed by atoms with E-state index in [1.165, 1.54) is 31.4 Å². The van der Waals surface area contributed by atoms with Gasteiger partial charge >= 0.3 is 0 Å². The van der Waals surface area contributed by atoms with Gasteiger partial charge in [-0.2, -0.15) is 0 Å². The summed E-state index contributed by atoms with van der Waals surface area (Å²) in [6, 6.07) is 0. The van der Waals surface area contributed by atoms with E-state index in [0.29, 0.717) is 12.0 Å². The second-order valence-corrected chi connectivity index (χ2v) is 5.07. The van der Waals surface area contributed by atoms with E-state index in [1.807, 2.05) is 0 Å². The van der Waals surface area contributed by atoms with Gasteiger partial charge in [-0.3, -0.25) is 0 Å². The van der Waals surface area contributed by atoms with Crippen molar-refractivity contribution >= 4 is 0 Å². The topological polar surface area (TPSA) is 9.23 Å². The van der Waals surface area contributed by atoms with Crippen LogP contribution in [0.15, 0.2) is 11.8 Å². The normalized spacial score (nSPS) is 36.6. The van der Waals surface area contributed by atoms with Crippen LogP contribution in [-0.2, 0) is 4.74 Å². The second kappa shape index (κ2) is 3.96. The fourth-order valence-electron chi connectivity index (χ4n) is 2.83. The Bertz CT molecular complexity index is 229. The molecule has 1 heteroatoms. The highest BCUT2D eigenvalue weighted by Gasteiger charge is 2.37. The van der Waals surface area contributed by atoms with Crippen molar-refractivity contribution in [3.05, 3.63) is 11.8 Å². The molecule has 1 nitrogen and oxygen atoms in total. The van der Waals surface area contributed by atoms with Crippen LogP contribution in [0.3, 0.4) is 0 Å². The van der Waals surface area contributed by atoms with Gasteiger partial charge in [0, 0.05) is 11.8 Å². The number of rotatable bonds is 2. The summed E-state index contributed by atoms with van der Waals surface area (Å²) in [5, 5.41) is 0. The highest BCUT2D eigenvalue weighted by Crippen LogP contribution is 2.41. The molecule has 1 aliphatic carbocycles. The molecule has 1 saturated carbocycles. The van der Waals surface area contributed by atoms with Crippen LogP contribution in [0.4, 0.5) is 0 Å². The van der Waals surface area contributed by atoms with Crippen molar-refractivity contribution in [1.82, 2.24) is 0 Å². The minimum Gasteiger partial charge on any atom is -0.494 e. The Morgan fingerprint density at radius 1 is 1.43 bits per heavy atom. The van der Waals surface area contributed by atoms with Gasteiger partial charge < -0.3 is 4.74 Å². The Hall–Kier alpha value is -0.460. The number of hydrogen-bond donors (Lipinski definition) is 0. The molecular formula is C13H22O. The molecule has 3 atom stereocenters. The quantitative estimate of drug-likeness (QED) is 0.650. The first kappa shape index (κ1) is 10.1. The van der Waals surface area contributed by atoms with Crippen molar-refractivity contribution < 1.29 is 4.74 Å². The lowest BCUT2D eigenvalue weighted by atomic mass is 9.78. The summed E-state index contributed by atoms with van der Waals surface area (Å²) in [6.45, 7) is 6.75. The fourth-order valence-corrected chi connectivity index (χ4v) is 2.83. The van der Waals surface area contributed by atoms with Crippen LogP contribution in [0, 0.1) is 17.8 Å². The van der Waals surface area contributed by atoms with Gasteiger partial charge in [-0.05, 0) is 31.3 Å². The smallest absolute Gasteiger partial charge is 0.107 e. The fraction of sp³-hybridized carbons (Fsp3) is 0.846. The number of hydrogen-bond acceptors (Lipinski definition) is 1. The molecule has 0 amide bonds. The Labute approximate surface area is 87.5 Å². The van der Waals surface area contributed by atoms with Crippen LogP contribution in [0.25, 0.3) is 0 Å². The molecule has 0 spiro atoms. The first-order valence-corrected chi connectivity index (χ1v) is 6.10. The van der Waals surface area contributed by atoms with Gasteiger partial charge in [0.05, 0.1) is 5.76 Å². The maximum absolute atomic E-state index is 6.09. The first-order chi connectivity index (χ1) is 6.72. The summed E-state index contributed by atoms with van der Waals surface area (Å²) >= 11 is 0. The molecule has 14 heavy (non-hydrogen) atoms. The number of fused-ring (bicyclic) bond motifs is 1. The third-order valence-electron chi connectivity index (χ3n) is 3.74. The van der Waals surface area contributed by atoms with Crippen LogP contribution < -0.4 is 0 Å². The molecule has 2 aliphatic rings. The maximum Gasteiger partial charge on any atom is 0.107 e. The van der Waals surface area contributed by atoms with Crippen molar-refractivity contribution in [3.63, 3.8) is 0 Å². The molecule has 0 saturated heterocycles. The molecular weight excluding hydrogens is 172 g/mol. The van der Waals surface area contributed by atoms with Crippen molar-refractivity contribution in [2.45, 2.75) is 52.6 Å². The van der Waals surface area contributed by atoms with Gasteiger partial charge in [0.1, 0.15) is 6.10 Å². The maximum atomic E-state index is 6.09. The largest absolute Gasteiger partial charge is 0.494 e. The van der Waals surface area contributed by atoms with Crippen LogP contribution in [0.1, 0.15) is 46.5 Å². The van der Waals surface area contributed by atoms with Gasteiger partial charge in [-0.25, -0.2) is 0 Å². The van der Waals surface area contributed by atoms with E-state index in [-0.39, 0.29) is 0 Å². The third kappa shape index (κ3) is 1.69. The predicted molar refractivity (Wildman–Crippen MR) is 58.9 cm³/mol. The Morgan fingerprint density at radius 2 is 2.21 bits per heavy atom. The van der Waals surface area contributed by atoms with Gasteiger partial charge in [0.25, 0.3) is 0 Å². The van der Waals surface area contributed by atoms with Gasteiger partial charge in [-0.1, -0.05) is 27.2 Å². The van der Waals surface area contributed by atoms with Crippen molar-refractivity contribution in [1.29, 1.82) is 0 Å². The Balaban J connectivity index is 2.07. The zero-order chi connectivity index (χ0) is 10.1. The molecule has 0 N–H and O–H groups in total. The molecule has 1 fully saturated rings. The Morgan fingerprint density at radius 3 is 2.86 bits per heavy atom. The van der Waals surface area contributed by atoms with Crippen molar-refractivity contribution in [2.75, 3.05) is 0 Å². The minimum atomic E-state index is 0.520. The molecule has 0 aromatic rings. The van der Waals surface area contributed by atoms with E-state index in [4.69, 9.17) is 4.74 Å². The molecule has 0 aromatic heterocycles. The van der Waals surface area contributed by atoms with Gasteiger partial charge in [0.2, 0.25) is 0 Å². The SMILES string of the molecule is CCC1CCCC2C=C(C(C)C)OC21. The summed E-state index contributed by atoms with van der Waals surface area (Å²) in [5.74, 6) is 3.35. The van der Waals surface area contributed by atoms with Crippen molar-refractivity contribution in [3.8, 4) is 0 Å². The van der Waals surface area contributed by atoms with Crippen LogP contribution >= 0.6 is 0 Å². The van der Waals surface area contributed by atoms with Crippen molar-refractivity contribution in [2.24, 2.45) is 17.8 Å². The van der Waals surface area contributed by atoms with Crippen LogP contribution in [0.5, 0.6) is 0 Å². The first-order valence-electron chi connectivity index (χ1n) is 6.10. The zero-order valence-corrected chi connectivity index (χ0v) is 9.62. The van der Waals surface area contributed by atoms with E-state index in [1.54, 1.807) is 0 Å². The molecule has 3 unspecified atom stereocenters. The van der Waals surface area contributed by atoms with E-state index in [2.05, 4.69) is 26.8 Å². The molecule has 1 heterocycles. The van der Waals surface area contributed by atoms with E-state index in [9.17, 15) is 0 Å². The summed E-state index contributed by atoms with van der Waals surface area (Å²) in [5.41, 5.74) is 0. The zero-order valence-electron chi connectivity index (χ0n) is 9.62. The standard InChI is InChI=1S/C13H22O/c1-4-10-6-5-7-11-8-12(9(2)3)14-13(10)11/h8-11,13H,4-7H2,1-3H3. The number of ether oxygens (including phenoxy) is 1. The second-order valence-electron chi connectivity index (χ2n) is 5.07. The molecule has 1 aliphatic heterocycles. The predicted octanol–water partition coefficient (Wildman–Crippen LogP) is 3.75. The van der Waals surface area contributed by atoms with Crippen LogP contribution in [-0.4, -0.2) is 6.10 Å². The van der Waals surface area contributed by atoms with Crippen LogP contribution in [0.2, 0.25) is 0 Å². The summed E-state index contributed by atoms with van der Waals surface area (Å²) < 4.78 is 6.09. The lowest BCUT2D eigenvalue weighted by Crippen LogP contribution is -2.30. The van der Waals surface area contributed by atoms with E-state index in [0.717, 1.165) is 11.8 Å². The lowest BCUT2D eigenvalue weighted by molar-refractivity contribution is 0.0217. The highest BCUT2D eigenvalue weighted by atomic mass is 16.5. The van der Waals surface area contributed by atoms with Gasteiger partial charge in [-0.15, -0.1) is 0 Å². The summed E-state index contributed by atoms with van der Waals surface area (Å²) in [4.78, 5) is 0. The summed E-state index contributed by atoms with van der Waals surface area (Å²) in [7, 11) is 0. The average Bonchev–Trinajstić information content (AvgIpc) is 2.60. The molecule has 0 aromatic carbocycles. The van der Waals surface area contributed by atoms with E-state index >= 15 is 0 Å². The molecule has 2 rings (SSSR count). The molecule has 0 bridgehead atoms.